The van der Waals surface area contributed by atoms with Gasteiger partial charge in [0.1, 0.15) is 5.84 Å². The number of carbonyl (C=O) groups excluding carboxylic acids is 1. The van der Waals surface area contributed by atoms with Crippen LogP contribution >= 0.6 is 11.3 Å². The molecule has 1 aromatic rings. The second-order valence-electron chi connectivity index (χ2n) is 5.80. The van der Waals surface area contributed by atoms with E-state index in [9.17, 15) is 4.79 Å². The highest BCUT2D eigenvalue weighted by molar-refractivity contribution is 7.16. The fraction of sp³-hybridized carbons (Fsp3) is 0.333. The fourth-order valence-electron chi connectivity index (χ4n) is 2.84. The van der Waals surface area contributed by atoms with Crippen LogP contribution in [0.25, 0.3) is 0 Å². The van der Waals surface area contributed by atoms with Gasteiger partial charge >= 0.3 is 0 Å². The van der Waals surface area contributed by atoms with E-state index in [4.69, 9.17) is 4.99 Å². The van der Waals surface area contributed by atoms with Gasteiger partial charge in [-0.15, -0.1) is 11.3 Å². The molecule has 5 nitrogen and oxygen atoms in total. The summed E-state index contributed by atoms with van der Waals surface area (Å²) in [6.45, 7) is 9.60. The standard InChI is InChI=1S/C18H22N4OS/c1-3-4-5-6-15-12-19-18-16(11-14(2)24-18)17(20-15)22-9-7-21(13-23)8-10-22/h3-6,11,13,19H,1,7-10,12H2,2H3/b5-4-,15-6+. The molecule has 0 radical (unpaired) electrons. The van der Waals surface area contributed by atoms with Crippen LogP contribution in [0.5, 0.6) is 0 Å². The topological polar surface area (TPSA) is 47.9 Å². The van der Waals surface area contributed by atoms with Gasteiger partial charge in [-0.3, -0.25) is 4.79 Å². The van der Waals surface area contributed by atoms with Gasteiger partial charge in [-0.25, -0.2) is 4.99 Å². The van der Waals surface area contributed by atoms with Crippen LogP contribution < -0.4 is 5.32 Å². The Morgan fingerprint density at radius 1 is 1.29 bits per heavy atom. The van der Waals surface area contributed by atoms with Crippen molar-refractivity contribution in [3.63, 3.8) is 0 Å². The first kappa shape index (κ1) is 16.5. The smallest absolute Gasteiger partial charge is 0.209 e. The van der Waals surface area contributed by atoms with E-state index in [1.54, 1.807) is 17.4 Å². The number of thiophene rings is 1. The highest BCUT2D eigenvalue weighted by Crippen LogP contribution is 2.31. The number of rotatable bonds is 3. The summed E-state index contributed by atoms with van der Waals surface area (Å²) in [7, 11) is 0. The average molecular weight is 342 g/mol. The number of fused-ring (bicyclic) bond motifs is 1. The Labute approximate surface area is 146 Å². The maximum Gasteiger partial charge on any atom is 0.209 e. The lowest BCUT2D eigenvalue weighted by Crippen LogP contribution is -2.48. The molecule has 6 heteroatoms. The number of carbonyl (C=O) groups is 1. The Bertz CT molecular complexity index is 709. The molecule has 1 N–H and O–H groups in total. The summed E-state index contributed by atoms with van der Waals surface area (Å²) in [5.41, 5.74) is 2.15. The molecule has 1 amide bonds. The quantitative estimate of drug-likeness (QED) is 0.678. The normalized spacial score (nSPS) is 19.7. The highest BCUT2D eigenvalue weighted by atomic mass is 32.1. The molecule has 3 heterocycles. The van der Waals surface area contributed by atoms with Crippen LogP contribution in [0.4, 0.5) is 5.00 Å². The Kier molecular flexibility index (Phi) is 5.15. The monoisotopic (exact) mass is 342 g/mol. The van der Waals surface area contributed by atoms with E-state index >= 15 is 0 Å². The predicted octanol–water partition coefficient (Wildman–Crippen LogP) is 2.63. The first-order valence-corrected chi connectivity index (χ1v) is 8.89. The Hall–Kier alpha value is -2.34. The molecular formula is C18H22N4OS. The number of aliphatic imine (C=N–C) groups is 1. The van der Waals surface area contributed by atoms with Crippen molar-refractivity contribution in [2.45, 2.75) is 6.92 Å². The Balaban J connectivity index is 1.93. The average Bonchev–Trinajstić information content (AvgIpc) is 2.89. The van der Waals surface area contributed by atoms with Crippen molar-refractivity contribution in [3.8, 4) is 0 Å². The van der Waals surface area contributed by atoms with Gasteiger partial charge in [0, 0.05) is 31.1 Å². The number of hydrogen-bond acceptors (Lipinski definition) is 5. The molecule has 2 aliphatic rings. The zero-order valence-electron chi connectivity index (χ0n) is 13.9. The van der Waals surface area contributed by atoms with E-state index in [-0.39, 0.29) is 0 Å². The van der Waals surface area contributed by atoms with Crippen molar-refractivity contribution < 1.29 is 4.79 Å². The molecule has 0 saturated carbocycles. The van der Waals surface area contributed by atoms with E-state index in [2.05, 4.69) is 29.8 Å². The van der Waals surface area contributed by atoms with E-state index in [1.165, 1.54) is 9.88 Å². The molecule has 126 valence electrons. The highest BCUT2D eigenvalue weighted by Gasteiger charge is 2.25. The molecule has 1 saturated heterocycles. The molecule has 0 spiro atoms. The van der Waals surface area contributed by atoms with Crippen molar-refractivity contribution in [2.75, 3.05) is 38.0 Å². The van der Waals surface area contributed by atoms with Crippen molar-refractivity contribution in [2.24, 2.45) is 4.99 Å². The van der Waals surface area contributed by atoms with Crippen LogP contribution in [0, 0.1) is 6.92 Å². The molecular weight excluding hydrogens is 320 g/mol. The summed E-state index contributed by atoms with van der Waals surface area (Å²) in [4.78, 5) is 21.2. The van der Waals surface area contributed by atoms with E-state index in [0.29, 0.717) is 6.54 Å². The summed E-state index contributed by atoms with van der Waals surface area (Å²) >= 11 is 1.76. The lowest BCUT2D eigenvalue weighted by molar-refractivity contribution is -0.119. The zero-order valence-corrected chi connectivity index (χ0v) is 14.7. The first-order valence-electron chi connectivity index (χ1n) is 8.07. The van der Waals surface area contributed by atoms with E-state index < -0.39 is 0 Å². The second-order valence-corrected chi connectivity index (χ2v) is 7.05. The third kappa shape index (κ3) is 3.59. The van der Waals surface area contributed by atoms with E-state index in [0.717, 1.165) is 49.7 Å². The molecule has 24 heavy (non-hydrogen) atoms. The lowest BCUT2D eigenvalue weighted by atomic mass is 10.2. The van der Waals surface area contributed by atoms with Crippen LogP contribution in [0.2, 0.25) is 0 Å². The van der Waals surface area contributed by atoms with Crippen LogP contribution in [0.1, 0.15) is 10.4 Å². The molecule has 0 aliphatic carbocycles. The summed E-state index contributed by atoms with van der Waals surface area (Å²) < 4.78 is 0. The minimum Gasteiger partial charge on any atom is -0.371 e. The molecule has 0 bridgehead atoms. The number of nitrogens with one attached hydrogen (secondary N) is 1. The lowest BCUT2D eigenvalue weighted by Gasteiger charge is -2.34. The van der Waals surface area contributed by atoms with Crippen molar-refractivity contribution in [1.29, 1.82) is 0 Å². The van der Waals surface area contributed by atoms with Crippen LogP contribution in [0.15, 0.2) is 47.6 Å². The number of nitrogens with zero attached hydrogens (tertiary/aromatic N) is 3. The molecule has 0 atom stereocenters. The summed E-state index contributed by atoms with van der Waals surface area (Å²) in [5.74, 6) is 1.00. The van der Waals surface area contributed by atoms with Gasteiger partial charge in [0.05, 0.1) is 22.8 Å². The first-order chi connectivity index (χ1) is 11.7. The van der Waals surface area contributed by atoms with Crippen LogP contribution in [-0.2, 0) is 4.79 Å². The molecule has 0 aromatic carbocycles. The van der Waals surface area contributed by atoms with Gasteiger partial charge in [0.2, 0.25) is 6.41 Å². The predicted molar refractivity (Wildman–Crippen MR) is 101 cm³/mol. The number of piperazine rings is 1. The van der Waals surface area contributed by atoms with Crippen LogP contribution in [0.3, 0.4) is 0 Å². The minimum absolute atomic E-state index is 0.701. The number of anilines is 1. The number of allylic oxidation sites excluding steroid dienone is 4. The number of amides is 1. The minimum atomic E-state index is 0.701. The summed E-state index contributed by atoms with van der Waals surface area (Å²) in [5, 5.41) is 4.66. The number of aryl methyl sites for hydroxylation is 1. The number of amidine groups is 1. The SMILES string of the molecule is C=C/C=C\C=C1/CNc2sc(C)cc2C(N2CCN(C=O)CC2)=N1. The Morgan fingerprint density at radius 2 is 2.08 bits per heavy atom. The number of hydrogen-bond donors (Lipinski definition) is 1. The Morgan fingerprint density at radius 3 is 2.79 bits per heavy atom. The maximum absolute atomic E-state index is 10.9. The zero-order chi connectivity index (χ0) is 16.9. The molecule has 1 aromatic heterocycles. The van der Waals surface area contributed by atoms with E-state index in [1.807, 2.05) is 23.1 Å². The largest absolute Gasteiger partial charge is 0.371 e. The van der Waals surface area contributed by atoms with Crippen LogP contribution in [-0.4, -0.2) is 54.8 Å². The van der Waals surface area contributed by atoms with Gasteiger partial charge in [0.15, 0.2) is 0 Å². The molecule has 0 unspecified atom stereocenters. The molecule has 3 rings (SSSR count). The maximum atomic E-state index is 10.9. The summed E-state index contributed by atoms with van der Waals surface area (Å²) in [6, 6.07) is 2.19. The second kappa shape index (κ2) is 7.49. The molecule has 1 fully saturated rings. The van der Waals surface area contributed by atoms with Gasteiger partial charge in [0.25, 0.3) is 0 Å². The molecule has 2 aliphatic heterocycles. The summed E-state index contributed by atoms with van der Waals surface area (Å²) in [6.07, 6.45) is 8.56. The van der Waals surface area contributed by atoms with Gasteiger partial charge in [-0.2, -0.15) is 0 Å². The van der Waals surface area contributed by atoms with Gasteiger partial charge in [-0.05, 0) is 19.1 Å². The van der Waals surface area contributed by atoms with Gasteiger partial charge < -0.3 is 15.1 Å². The fourth-order valence-corrected chi connectivity index (χ4v) is 3.74. The third-order valence-corrected chi connectivity index (χ3v) is 5.08. The van der Waals surface area contributed by atoms with Crippen molar-refractivity contribution in [1.82, 2.24) is 9.80 Å². The van der Waals surface area contributed by atoms with Crippen molar-refractivity contribution in [3.05, 3.63) is 53.1 Å². The van der Waals surface area contributed by atoms with Crippen molar-refractivity contribution >= 4 is 28.6 Å². The van der Waals surface area contributed by atoms with Gasteiger partial charge in [-0.1, -0.05) is 24.8 Å². The third-order valence-electron chi connectivity index (χ3n) is 4.07.